The van der Waals surface area contributed by atoms with Gasteiger partial charge in [0.05, 0.1) is 24.2 Å². The summed E-state index contributed by atoms with van der Waals surface area (Å²) in [7, 11) is -4.30. The number of aromatic nitrogens is 2. The van der Waals surface area contributed by atoms with Gasteiger partial charge in [-0.15, -0.1) is 0 Å². The summed E-state index contributed by atoms with van der Waals surface area (Å²) in [6, 6.07) is 21.9. The number of hydrogen-bond acceptors (Lipinski definition) is 8. The molecule has 5 aromatic rings. The molecule has 0 bridgehead atoms. The van der Waals surface area contributed by atoms with Crippen LogP contribution in [0.1, 0.15) is 49.8 Å². The number of aromatic amines is 2. The van der Waals surface area contributed by atoms with Crippen LogP contribution in [0.3, 0.4) is 0 Å². The molecule has 3 aromatic carbocycles. The first-order valence-corrected chi connectivity index (χ1v) is 20.7. The molecule has 2 aromatic heterocycles. The summed E-state index contributed by atoms with van der Waals surface area (Å²) in [5.74, 6) is -1.49. The van der Waals surface area contributed by atoms with Crippen LogP contribution in [-0.2, 0) is 41.1 Å². The van der Waals surface area contributed by atoms with Crippen molar-refractivity contribution in [1.29, 1.82) is 0 Å². The van der Waals surface area contributed by atoms with Crippen molar-refractivity contribution in [3.05, 3.63) is 101 Å². The van der Waals surface area contributed by atoms with Crippen LogP contribution in [0.25, 0.3) is 21.8 Å². The fraction of sp³-hybridized carbons (Fsp3) is 0.350. The molecule has 0 saturated heterocycles. The number of nitrogens with one attached hydrogen (secondary N) is 6. The highest BCUT2D eigenvalue weighted by Gasteiger charge is 2.26. The molecule has 0 aliphatic carbocycles. The zero-order valence-electron chi connectivity index (χ0n) is 31.4. The minimum absolute atomic E-state index is 0.0181. The van der Waals surface area contributed by atoms with Gasteiger partial charge in [0.2, 0.25) is 23.6 Å². The van der Waals surface area contributed by atoms with Gasteiger partial charge in [-0.2, -0.15) is 0 Å². The first-order chi connectivity index (χ1) is 27.5. The van der Waals surface area contributed by atoms with E-state index in [1.165, 1.54) is 12.1 Å². The first kappa shape index (κ1) is 43.0. The summed E-state index contributed by atoms with van der Waals surface area (Å²) in [5.41, 5.74) is 9.83. The standard InChI is InChI=1S/C40H49ClN7O8P/c41-31-14-5-8-17-36(31)56-57(53,54)55-21-10-2-1-9-19-43-38(50)26-46-37(49)18-11-20-44-40(52)35(23-28-25-45-34-16-7-4-13-30(28)34)48-39(51)32(42)24-29-22-27-12-3-6-15-33(27)47-29/h3-8,12-17,22,25,32,35,45,47H,1-2,9-11,18-21,23-24,26,42H2,(H,43,50)(H,44,52)(H,46,49)(H,48,51)(H,53,54)/t32-,35-/m0/s1. The van der Waals surface area contributed by atoms with E-state index in [0.717, 1.165) is 39.5 Å². The second-order valence-corrected chi connectivity index (χ2v) is 15.4. The van der Waals surface area contributed by atoms with E-state index in [1.807, 2.05) is 60.8 Å². The lowest BCUT2D eigenvalue weighted by Gasteiger charge is -2.20. The maximum Gasteiger partial charge on any atom is 0.527 e. The summed E-state index contributed by atoms with van der Waals surface area (Å²) < 4.78 is 22.1. The molecule has 0 aliphatic heterocycles. The van der Waals surface area contributed by atoms with Crippen LogP contribution in [0.5, 0.6) is 5.75 Å². The maximum absolute atomic E-state index is 13.4. The average molecular weight is 822 g/mol. The second-order valence-electron chi connectivity index (χ2n) is 13.6. The van der Waals surface area contributed by atoms with E-state index in [2.05, 4.69) is 31.2 Å². The van der Waals surface area contributed by atoms with Crippen LogP contribution in [0.4, 0.5) is 0 Å². The lowest BCUT2D eigenvalue weighted by atomic mass is 10.0. The fourth-order valence-electron chi connectivity index (χ4n) is 6.15. The largest absolute Gasteiger partial charge is 0.527 e. The van der Waals surface area contributed by atoms with Crippen molar-refractivity contribution < 1.29 is 37.7 Å². The van der Waals surface area contributed by atoms with Gasteiger partial charge in [0.1, 0.15) is 11.8 Å². The molecule has 1 unspecified atom stereocenters. The number of hydrogen-bond donors (Lipinski definition) is 8. The molecular formula is C40H49ClN7O8P. The predicted octanol–water partition coefficient (Wildman–Crippen LogP) is 4.79. The quantitative estimate of drug-likeness (QED) is 0.0334. The van der Waals surface area contributed by atoms with Crippen molar-refractivity contribution in [1.82, 2.24) is 31.2 Å². The fourth-order valence-corrected chi connectivity index (χ4v) is 7.20. The molecule has 3 atom stereocenters. The molecule has 15 nitrogen and oxygen atoms in total. The number of carbonyl (C=O) groups excluding carboxylic acids is 4. The van der Waals surface area contributed by atoms with Crippen LogP contribution in [0.15, 0.2) is 85.1 Å². The zero-order valence-corrected chi connectivity index (χ0v) is 33.1. The molecule has 17 heteroatoms. The van der Waals surface area contributed by atoms with E-state index in [4.69, 9.17) is 26.4 Å². The van der Waals surface area contributed by atoms with Crippen LogP contribution < -0.4 is 31.5 Å². The number of phosphoric acid groups is 1. The average Bonchev–Trinajstić information content (AvgIpc) is 3.80. The van der Waals surface area contributed by atoms with Crippen molar-refractivity contribution in [2.75, 3.05) is 26.2 Å². The van der Waals surface area contributed by atoms with Crippen molar-refractivity contribution in [3.8, 4) is 5.75 Å². The molecule has 304 valence electrons. The Bertz CT molecular complexity index is 2140. The molecule has 0 fully saturated rings. The predicted molar refractivity (Wildman–Crippen MR) is 218 cm³/mol. The lowest BCUT2D eigenvalue weighted by Crippen LogP contribution is -2.53. The molecular weight excluding hydrogens is 773 g/mol. The van der Waals surface area contributed by atoms with E-state index in [1.54, 1.807) is 12.1 Å². The van der Waals surface area contributed by atoms with E-state index in [-0.39, 0.29) is 61.5 Å². The minimum Gasteiger partial charge on any atom is -0.403 e. The number of phosphoric ester groups is 1. The van der Waals surface area contributed by atoms with Crippen LogP contribution in [0, 0.1) is 0 Å². The molecule has 4 amide bonds. The van der Waals surface area contributed by atoms with Crippen LogP contribution >= 0.6 is 19.4 Å². The third kappa shape index (κ3) is 13.8. The summed E-state index contributed by atoms with van der Waals surface area (Å²) in [6.45, 7) is 0.410. The van der Waals surface area contributed by atoms with Gasteiger partial charge < -0.3 is 41.5 Å². The number of rotatable bonds is 23. The first-order valence-electron chi connectivity index (χ1n) is 18.9. The van der Waals surface area contributed by atoms with Gasteiger partial charge in [-0.25, -0.2) is 4.57 Å². The van der Waals surface area contributed by atoms with Gasteiger partial charge in [-0.1, -0.05) is 73.0 Å². The number of para-hydroxylation sites is 3. The summed E-state index contributed by atoms with van der Waals surface area (Å²) in [4.78, 5) is 67.7. The normalized spacial score (nSPS) is 13.4. The zero-order chi connectivity index (χ0) is 40.6. The van der Waals surface area contributed by atoms with Gasteiger partial charge in [0.25, 0.3) is 0 Å². The summed E-state index contributed by atoms with van der Waals surface area (Å²) in [5, 5.41) is 13.2. The van der Waals surface area contributed by atoms with E-state index < -0.39 is 31.7 Å². The lowest BCUT2D eigenvalue weighted by molar-refractivity contribution is -0.129. The highest BCUT2D eigenvalue weighted by atomic mass is 35.5. The summed E-state index contributed by atoms with van der Waals surface area (Å²) >= 11 is 5.94. The third-order valence-corrected chi connectivity index (χ3v) is 10.4. The summed E-state index contributed by atoms with van der Waals surface area (Å²) in [6.07, 6.45) is 5.32. The van der Waals surface area contributed by atoms with Gasteiger partial charge in [0.15, 0.2) is 0 Å². The molecule has 2 heterocycles. The van der Waals surface area contributed by atoms with E-state index >= 15 is 0 Å². The molecule has 0 spiro atoms. The number of fused-ring (bicyclic) bond motifs is 2. The topological polar surface area (TPSA) is 230 Å². The number of amides is 4. The number of unbranched alkanes of at least 4 members (excludes halogenated alkanes) is 3. The molecule has 57 heavy (non-hydrogen) atoms. The number of benzene rings is 3. The highest BCUT2D eigenvalue weighted by molar-refractivity contribution is 7.47. The molecule has 9 N–H and O–H groups in total. The maximum atomic E-state index is 13.4. The number of halogens is 1. The molecule has 0 aliphatic rings. The Morgan fingerprint density at radius 3 is 2.33 bits per heavy atom. The number of nitrogens with two attached hydrogens (primary N) is 1. The van der Waals surface area contributed by atoms with Crippen LogP contribution in [0.2, 0.25) is 5.02 Å². The van der Waals surface area contributed by atoms with Crippen molar-refractivity contribution >= 4 is 64.9 Å². The second kappa shape index (κ2) is 21.4. The monoisotopic (exact) mass is 821 g/mol. The molecule has 5 rings (SSSR count). The Morgan fingerprint density at radius 1 is 0.807 bits per heavy atom. The minimum atomic E-state index is -4.30. The smallest absolute Gasteiger partial charge is 0.403 e. The Kier molecular flexibility index (Phi) is 16.1. The van der Waals surface area contributed by atoms with E-state index in [9.17, 15) is 28.6 Å². The number of carbonyl (C=O) groups is 4. The number of H-pyrrole nitrogens is 2. The van der Waals surface area contributed by atoms with Gasteiger partial charge in [-0.05, 0) is 60.5 Å². The SMILES string of the molecule is N[C@@H](Cc1cc2ccccc2[nH]1)C(=O)N[C@@H](Cc1c[nH]c2ccccc12)C(=O)NCCCC(=O)NCC(=O)NCCCCCCOP(=O)(O)Oc1ccccc1Cl. The van der Waals surface area contributed by atoms with Crippen molar-refractivity contribution in [2.45, 2.75) is 63.5 Å². The van der Waals surface area contributed by atoms with E-state index in [0.29, 0.717) is 32.2 Å². The highest BCUT2D eigenvalue weighted by Crippen LogP contribution is 2.45. The Hall–Kier alpha value is -5.18. The molecule has 0 saturated carbocycles. The van der Waals surface area contributed by atoms with Gasteiger partial charge >= 0.3 is 7.82 Å². The van der Waals surface area contributed by atoms with Crippen molar-refractivity contribution in [3.63, 3.8) is 0 Å². The Balaban J connectivity index is 0.967. The Labute approximate surface area is 335 Å². The van der Waals surface area contributed by atoms with Gasteiger partial charge in [0, 0.05) is 60.7 Å². The Morgan fingerprint density at radius 2 is 1.53 bits per heavy atom. The van der Waals surface area contributed by atoms with Crippen molar-refractivity contribution in [2.24, 2.45) is 5.73 Å². The van der Waals surface area contributed by atoms with Crippen LogP contribution in [-0.4, -0.2) is 76.8 Å². The van der Waals surface area contributed by atoms with Gasteiger partial charge in [-0.3, -0.25) is 28.6 Å². The molecule has 0 radical (unpaired) electrons. The third-order valence-electron chi connectivity index (χ3n) is 9.12.